The highest BCUT2D eigenvalue weighted by Gasteiger charge is 2.24. The Morgan fingerprint density at radius 2 is 1.86 bits per heavy atom. The smallest absolute Gasteiger partial charge is 0.230 e. The van der Waals surface area contributed by atoms with Crippen molar-refractivity contribution in [1.82, 2.24) is 20.1 Å². The van der Waals surface area contributed by atoms with E-state index < -0.39 is 0 Å². The average Bonchev–Trinajstić information content (AvgIpc) is 3.11. The van der Waals surface area contributed by atoms with Crippen LogP contribution in [0.1, 0.15) is 58.9 Å². The fourth-order valence-corrected chi connectivity index (χ4v) is 4.51. The minimum absolute atomic E-state index is 0.0505. The molecular weight excluding hydrogens is 436 g/mol. The van der Waals surface area contributed by atoms with Crippen molar-refractivity contribution in [2.75, 3.05) is 5.75 Å². The number of carbonyl (C=O) groups excluding carboxylic acids is 1. The highest BCUT2D eigenvalue weighted by Crippen LogP contribution is 2.35. The number of thioether (sulfide) groups is 1. The van der Waals surface area contributed by atoms with Crippen molar-refractivity contribution < 1.29 is 4.79 Å². The van der Waals surface area contributed by atoms with Gasteiger partial charge in [0, 0.05) is 22.1 Å². The summed E-state index contributed by atoms with van der Waals surface area (Å²) in [6.45, 7) is 6.27. The number of hydrogen-bond donors (Lipinski definition) is 1. The van der Waals surface area contributed by atoms with Crippen LogP contribution in [0.2, 0.25) is 0 Å². The van der Waals surface area contributed by atoms with Crippen LogP contribution in [0.15, 0.2) is 33.9 Å². The molecule has 1 aromatic carbocycles. The van der Waals surface area contributed by atoms with E-state index in [1.54, 1.807) is 0 Å². The van der Waals surface area contributed by atoms with Gasteiger partial charge in [0.2, 0.25) is 5.91 Å². The van der Waals surface area contributed by atoms with Crippen molar-refractivity contribution in [3.05, 3.63) is 28.7 Å². The maximum absolute atomic E-state index is 12.3. The molecule has 5 nitrogen and oxygen atoms in total. The number of rotatable bonds is 7. The Morgan fingerprint density at radius 3 is 2.50 bits per heavy atom. The third-order valence-electron chi connectivity index (χ3n) is 5.43. The first-order chi connectivity index (χ1) is 13.5. The van der Waals surface area contributed by atoms with Crippen LogP contribution >= 0.6 is 27.7 Å². The molecule has 0 saturated heterocycles. The number of carbonyl (C=O) groups is 1. The molecule has 1 aromatic heterocycles. The lowest BCUT2D eigenvalue weighted by atomic mass is 9.95. The van der Waals surface area contributed by atoms with Gasteiger partial charge in [-0.2, -0.15) is 0 Å². The molecule has 1 atom stereocenters. The standard InChI is InChI=1S/C21H29BrN4OS/c1-14(2)15(3)23-19(27)13-28-21-25-24-20(16-9-11-17(22)12-10-16)26(21)18-7-5-4-6-8-18/h9-12,14-15,18H,4-8,13H2,1-3H3,(H,23,27)/t15-/m0/s1. The first kappa shape index (κ1) is 21.4. The van der Waals surface area contributed by atoms with Gasteiger partial charge in [-0.25, -0.2) is 0 Å². The molecule has 1 saturated carbocycles. The van der Waals surface area contributed by atoms with Crippen molar-refractivity contribution in [1.29, 1.82) is 0 Å². The number of amides is 1. The largest absolute Gasteiger partial charge is 0.353 e. The van der Waals surface area contributed by atoms with Crippen LogP contribution in [0.5, 0.6) is 0 Å². The summed E-state index contributed by atoms with van der Waals surface area (Å²) in [4.78, 5) is 12.3. The quantitative estimate of drug-likeness (QED) is 0.552. The molecule has 1 amide bonds. The number of nitrogens with one attached hydrogen (secondary N) is 1. The van der Waals surface area contributed by atoms with Crippen molar-refractivity contribution in [2.24, 2.45) is 5.92 Å². The van der Waals surface area contributed by atoms with Crippen LogP contribution in [0.3, 0.4) is 0 Å². The summed E-state index contributed by atoms with van der Waals surface area (Å²) in [6.07, 6.45) is 6.06. The highest BCUT2D eigenvalue weighted by atomic mass is 79.9. The lowest BCUT2D eigenvalue weighted by Crippen LogP contribution is -2.37. The minimum Gasteiger partial charge on any atom is -0.353 e. The molecule has 2 aromatic rings. The van der Waals surface area contributed by atoms with Gasteiger partial charge in [-0.3, -0.25) is 9.36 Å². The fourth-order valence-electron chi connectivity index (χ4n) is 3.43. The topological polar surface area (TPSA) is 59.8 Å². The third-order valence-corrected chi connectivity index (χ3v) is 6.90. The van der Waals surface area contributed by atoms with Gasteiger partial charge >= 0.3 is 0 Å². The van der Waals surface area contributed by atoms with E-state index in [9.17, 15) is 4.79 Å². The van der Waals surface area contributed by atoms with Crippen molar-refractivity contribution in [3.8, 4) is 11.4 Å². The van der Waals surface area contributed by atoms with Gasteiger partial charge in [0.1, 0.15) is 0 Å². The number of aromatic nitrogens is 3. The Balaban J connectivity index is 1.80. The van der Waals surface area contributed by atoms with E-state index in [0.717, 1.165) is 33.9 Å². The fraction of sp³-hybridized carbons (Fsp3) is 0.571. The van der Waals surface area contributed by atoms with Crippen LogP contribution < -0.4 is 5.32 Å². The van der Waals surface area contributed by atoms with E-state index >= 15 is 0 Å². The molecule has 7 heteroatoms. The van der Waals surface area contributed by atoms with Crippen LogP contribution in [0.25, 0.3) is 11.4 Å². The SMILES string of the molecule is CC(C)[C@H](C)NC(=O)CSc1nnc(-c2ccc(Br)cc2)n1C1CCCCC1. The van der Waals surface area contributed by atoms with Gasteiger partial charge in [-0.05, 0) is 37.8 Å². The average molecular weight is 465 g/mol. The number of halogens is 1. The summed E-state index contributed by atoms with van der Waals surface area (Å²) in [7, 11) is 0. The van der Waals surface area contributed by atoms with Crippen LogP contribution in [0, 0.1) is 5.92 Å². The molecule has 28 heavy (non-hydrogen) atoms. The predicted molar refractivity (Wildman–Crippen MR) is 118 cm³/mol. The molecule has 1 aliphatic carbocycles. The summed E-state index contributed by atoms with van der Waals surface area (Å²) in [5.74, 6) is 1.73. The number of benzene rings is 1. The van der Waals surface area contributed by atoms with Crippen molar-refractivity contribution in [2.45, 2.75) is 70.1 Å². The Labute approximate surface area is 180 Å². The molecular formula is C21H29BrN4OS. The number of hydrogen-bond acceptors (Lipinski definition) is 4. The van der Waals surface area contributed by atoms with Gasteiger partial charge in [-0.1, -0.05) is 72.9 Å². The molecule has 0 radical (unpaired) electrons. The summed E-state index contributed by atoms with van der Waals surface area (Å²) >= 11 is 4.99. The normalized spacial score (nSPS) is 16.3. The summed E-state index contributed by atoms with van der Waals surface area (Å²) in [6, 6.07) is 8.77. The first-order valence-corrected chi connectivity index (χ1v) is 11.9. The second kappa shape index (κ2) is 9.92. The van der Waals surface area contributed by atoms with Gasteiger partial charge in [0.05, 0.1) is 5.75 Å². The molecule has 1 aliphatic rings. The lowest BCUT2D eigenvalue weighted by Gasteiger charge is -2.25. The van der Waals surface area contributed by atoms with Crippen LogP contribution in [0.4, 0.5) is 0 Å². The molecule has 1 N–H and O–H groups in total. The first-order valence-electron chi connectivity index (χ1n) is 10.1. The molecule has 0 aliphatic heterocycles. The number of nitrogens with zero attached hydrogens (tertiary/aromatic N) is 3. The second-order valence-corrected chi connectivity index (χ2v) is 9.72. The van der Waals surface area contributed by atoms with E-state index in [-0.39, 0.29) is 11.9 Å². The van der Waals surface area contributed by atoms with E-state index in [0.29, 0.717) is 17.7 Å². The molecule has 1 fully saturated rings. The molecule has 0 unspecified atom stereocenters. The molecule has 1 heterocycles. The van der Waals surface area contributed by atoms with Crippen LogP contribution in [-0.2, 0) is 4.79 Å². The Bertz CT molecular complexity index is 784. The van der Waals surface area contributed by atoms with Gasteiger partial charge < -0.3 is 5.32 Å². The maximum atomic E-state index is 12.3. The van der Waals surface area contributed by atoms with E-state index in [1.165, 1.54) is 31.0 Å². The van der Waals surface area contributed by atoms with Gasteiger partial charge in [0.25, 0.3) is 0 Å². The summed E-state index contributed by atoms with van der Waals surface area (Å²) in [5.41, 5.74) is 1.06. The second-order valence-electron chi connectivity index (χ2n) is 7.86. The predicted octanol–water partition coefficient (Wildman–Crippen LogP) is 5.47. The minimum atomic E-state index is 0.0505. The molecule has 3 rings (SSSR count). The Kier molecular flexibility index (Phi) is 7.57. The molecule has 152 valence electrons. The highest BCUT2D eigenvalue weighted by molar-refractivity contribution is 9.10. The third kappa shape index (κ3) is 5.38. The van der Waals surface area contributed by atoms with E-state index in [4.69, 9.17) is 0 Å². The van der Waals surface area contributed by atoms with Crippen molar-refractivity contribution in [3.63, 3.8) is 0 Å². The lowest BCUT2D eigenvalue weighted by molar-refractivity contribution is -0.119. The molecule has 0 spiro atoms. The zero-order valence-electron chi connectivity index (χ0n) is 16.8. The van der Waals surface area contributed by atoms with Crippen LogP contribution in [-0.4, -0.2) is 32.5 Å². The zero-order chi connectivity index (χ0) is 20.1. The van der Waals surface area contributed by atoms with Gasteiger partial charge in [-0.15, -0.1) is 10.2 Å². The molecule has 0 bridgehead atoms. The maximum Gasteiger partial charge on any atom is 0.230 e. The monoisotopic (exact) mass is 464 g/mol. The van der Waals surface area contributed by atoms with E-state index in [1.807, 2.05) is 19.1 Å². The summed E-state index contributed by atoms with van der Waals surface area (Å²) < 4.78 is 3.32. The Morgan fingerprint density at radius 1 is 1.18 bits per heavy atom. The zero-order valence-corrected chi connectivity index (χ0v) is 19.2. The van der Waals surface area contributed by atoms with Gasteiger partial charge in [0.15, 0.2) is 11.0 Å². The Hall–Kier alpha value is -1.34. The van der Waals surface area contributed by atoms with E-state index in [2.05, 4.69) is 62.0 Å². The van der Waals surface area contributed by atoms with Crippen molar-refractivity contribution >= 4 is 33.6 Å². The summed E-state index contributed by atoms with van der Waals surface area (Å²) in [5, 5.41) is 12.9.